The highest BCUT2D eigenvalue weighted by Crippen LogP contribution is 2.29. The molecule has 98 valence electrons. The average Bonchev–Trinajstić information content (AvgIpc) is 2.29. The summed E-state index contributed by atoms with van der Waals surface area (Å²) in [5.74, 6) is 0.873. The Labute approximate surface area is 118 Å². The molecule has 1 rings (SSSR count). The van der Waals surface area contributed by atoms with Gasteiger partial charge in [-0.1, -0.05) is 48.2 Å². The second-order valence-corrected chi connectivity index (χ2v) is 4.90. The van der Waals surface area contributed by atoms with E-state index < -0.39 is 0 Å². The Morgan fingerprint density at radius 1 is 1.35 bits per heavy atom. The lowest BCUT2D eigenvalue weighted by Crippen LogP contribution is -2.11. The van der Waals surface area contributed by atoms with Crippen LogP contribution in [0.5, 0.6) is 5.75 Å². The van der Waals surface area contributed by atoms with Crippen LogP contribution < -0.4 is 10.5 Å². The number of halogens is 2. The van der Waals surface area contributed by atoms with Crippen LogP contribution in [0.1, 0.15) is 44.2 Å². The lowest BCUT2D eigenvalue weighted by Gasteiger charge is -2.15. The molecule has 0 unspecified atom stereocenters. The molecule has 0 fully saturated rings. The number of nitrogens with two attached hydrogens (primary N) is 1. The van der Waals surface area contributed by atoms with Crippen LogP contribution in [0.4, 0.5) is 0 Å². The minimum absolute atomic E-state index is 0. The molecule has 0 saturated carbocycles. The summed E-state index contributed by atoms with van der Waals surface area (Å²) in [6.07, 6.45) is 4.67. The van der Waals surface area contributed by atoms with E-state index in [9.17, 15) is 0 Å². The highest BCUT2D eigenvalue weighted by molar-refractivity contribution is 9.10. The van der Waals surface area contributed by atoms with Gasteiger partial charge in [-0.3, -0.25) is 0 Å². The molecule has 0 bridgehead atoms. The third-order valence-corrected chi connectivity index (χ3v) is 3.21. The summed E-state index contributed by atoms with van der Waals surface area (Å²) in [4.78, 5) is 0. The van der Waals surface area contributed by atoms with Crippen LogP contribution in [0.2, 0.25) is 0 Å². The Balaban J connectivity index is 0.00000256. The Kier molecular flexibility index (Phi) is 8.66. The predicted octanol–water partition coefficient (Wildman–Crippen LogP) is 4.46. The molecule has 0 aliphatic heterocycles. The smallest absolute Gasteiger partial charge is 0.124 e. The molecule has 1 atom stereocenters. The van der Waals surface area contributed by atoms with Crippen LogP contribution in [0.25, 0.3) is 0 Å². The topological polar surface area (TPSA) is 35.2 Å². The molecule has 0 spiro atoms. The van der Waals surface area contributed by atoms with Crippen LogP contribution in [0.15, 0.2) is 22.7 Å². The highest BCUT2D eigenvalue weighted by Gasteiger charge is 2.11. The summed E-state index contributed by atoms with van der Waals surface area (Å²) in [7, 11) is 1.68. The number of hydrogen-bond acceptors (Lipinski definition) is 2. The first kappa shape index (κ1) is 16.8. The van der Waals surface area contributed by atoms with Gasteiger partial charge in [0.2, 0.25) is 0 Å². The molecule has 0 aliphatic rings. The number of rotatable bonds is 6. The summed E-state index contributed by atoms with van der Waals surface area (Å²) < 4.78 is 6.37. The summed E-state index contributed by atoms with van der Waals surface area (Å²) in [5.41, 5.74) is 7.27. The summed E-state index contributed by atoms with van der Waals surface area (Å²) in [6.45, 7) is 2.20. The van der Waals surface area contributed by atoms with E-state index in [2.05, 4.69) is 22.9 Å². The summed E-state index contributed by atoms with van der Waals surface area (Å²) in [5, 5.41) is 0. The number of hydrogen-bond donors (Lipinski definition) is 1. The highest BCUT2D eigenvalue weighted by atomic mass is 79.9. The SMILES string of the molecule is CCCCC[C@@H](N)c1ccc(Br)cc1OC.Cl. The van der Waals surface area contributed by atoms with E-state index in [1.165, 1.54) is 19.3 Å². The zero-order chi connectivity index (χ0) is 12.0. The van der Waals surface area contributed by atoms with Crippen molar-refractivity contribution in [2.75, 3.05) is 7.11 Å². The molecule has 1 aromatic rings. The Hall–Kier alpha value is -0.250. The Morgan fingerprint density at radius 2 is 2.06 bits per heavy atom. The predicted molar refractivity (Wildman–Crippen MR) is 79.0 cm³/mol. The number of unbranched alkanes of at least 4 members (excludes halogenated alkanes) is 2. The van der Waals surface area contributed by atoms with Crippen molar-refractivity contribution < 1.29 is 4.74 Å². The van der Waals surface area contributed by atoms with Crippen LogP contribution in [-0.2, 0) is 0 Å². The van der Waals surface area contributed by atoms with Crippen molar-refractivity contribution in [2.24, 2.45) is 5.73 Å². The van der Waals surface area contributed by atoms with Crippen molar-refractivity contribution in [1.29, 1.82) is 0 Å². The van der Waals surface area contributed by atoms with Gasteiger partial charge in [0, 0.05) is 16.1 Å². The molecule has 0 radical (unpaired) electrons. The summed E-state index contributed by atoms with van der Waals surface area (Å²) >= 11 is 3.43. The fourth-order valence-corrected chi connectivity index (χ4v) is 2.10. The molecule has 2 nitrogen and oxygen atoms in total. The standard InChI is InChI=1S/C13H20BrNO.ClH/c1-3-4-5-6-12(15)11-8-7-10(14)9-13(11)16-2;/h7-9,12H,3-6,15H2,1-2H3;1H/t12-;/m1./s1. The normalized spacial score (nSPS) is 11.8. The molecule has 0 aliphatic carbocycles. The lowest BCUT2D eigenvalue weighted by molar-refractivity contribution is 0.403. The van der Waals surface area contributed by atoms with Gasteiger partial charge in [-0.05, 0) is 18.6 Å². The largest absolute Gasteiger partial charge is 0.496 e. The number of methoxy groups -OCH3 is 1. The van der Waals surface area contributed by atoms with E-state index in [-0.39, 0.29) is 18.4 Å². The number of ether oxygens (including phenoxy) is 1. The maximum Gasteiger partial charge on any atom is 0.124 e. The van der Waals surface area contributed by atoms with Gasteiger partial charge in [0.15, 0.2) is 0 Å². The maximum atomic E-state index is 6.17. The minimum atomic E-state index is 0. The second kappa shape index (κ2) is 8.78. The van der Waals surface area contributed by atoms with Crippen molar-refractivity contribution >= 4 is 28.3 Å². The maximum absolute atomic E-state index is 6.17. The fourth-order valence-electron chi connectivity index (χ4n) is 1.76. The molecule has 4 heteroatoms. The third-order valence-electron chi connectivity index (χ3n) is 2.71. The van der Waals surface area contributed by atoms with Gasteiger partial charge >= 0.3 is 0 Å². The van der Waals surface area contributed by atoms with E-state index in [4.69, 9.17) is 10.5 Å². The molecule has 0 amide bonds. The van der Waals surface area contributed by atoms with Crippen LogP contribution in [0.3, 0.4) is 0 Å². The van der Waals surface area contributed by atoms with Gasteiger partial charge in [-0.25, -0.2) is 0 Å². The van der Waals surface area contributed by atoms with Crippen molar-refractivity contribution in [1.82, 2.24) is 0 Å². The van der Waals surface area contributed by atoms with Gasteiger partial charge in [-0.2, -0.15) is 0 Å². The van der Waals surface area contributed by atoms with Gasteiger partial charge in [0.25, 0.3) is 0 Å². The molecule has 0 aromatic heterocycles. The first-order valence-corrected chi connectivity index (χ1v) is 6.57. The third kappa shape index (κ3) is 5.28. The van der Waals surface area contributed by atoms with Crippen LogP contribution in [-0.4, -0.2) is 7.11 Å². The van der Waals surface area contributed by atoms with Crippen LogP contribution in [0, 0.1) is 0 Å². The van der Waals surface area contributed by atoms with Gasteiger partial charge < -0.3 is 10.5 Å². The molecule has 0 saturated heterocycles. The van der Waals surface area contributed by atoms with Crippen molar-refractivity contribution in [2.45, 2.75) is 38.6 Å². The van der Waals surface area contributed by atoms with Crippen LogP contribution >= 0.6 is 28.3 Å². The quantitative estimate of drug-likeness (QED) is 0.785. The second-order valence-electron chi connectivity index (χ2n) is 3.99. The van der Waals surface area contributed by atoms with Crippen molar-refractivity contribution in [3.8, 4) is 5.75 Å². The van der Waals surface area contributed by atoms with E-state index in [0.717, 1.165) is 22.2 Å². The van der Waals surface area contributed by atoms with E-state index in [1.54, 1.807) is 7.11 Å². The van der Waals surface area contributed by atoms with Gasteiger partial charge in [-0.15, -0.1) is 12.4 Å². The molecule has 1 aromatic carbocycles. The zero-order valence-electron chi connectivity index (χ0n) is 10.4. The zero-order valence-corrected chi connectivity index (χ0v) is 12.8. The molecule has 17 heavy (non-hydrogen) atoms. The average molecular weight is 323 g/mol. The van der Waals surface area contributed by atoms with E-state index >= 15 is 0 Å². The van der Waals surface area contributed by atoms with Gasteiger partial charge in [0.05, 0.1) is 7.11 Å². The fraction of sp³-hybridized carbons (Fsp3) is 0.538. The van der Waals surface area contributed by atoms with Crippen molar-refractivity contribution in [3.05, 3.63) is 28.2 Å². The molecular weight excluding hydrogens is 302 g/mol. The Bertz CT molecular complexity index is 333. The first-order chi connectivity index (χ1) is 7.69. The summed E-state index contributed by atoms with van der Waals surface area (Å²) in [6, 6.07) is 6.10. The molecule has 0 heterocycles. The Morgan fingerprint density at radius 3 is 2.65 bits per heavy atom. The lowest BCUT2D eigenvalue weighted by atomic mass is 10.0. The van der Waals surface area contributed by atoms with Crippen molar-refractivity contribution in [3.63, 3.8) is 0 Å². The molecular formula is C13H21BrClNO. The van der Waals surface area contributed by atoms with E-state index in [1.807, 2.05) is 18.2 Å². The van der Waals surface area contributed by atoms with E-state index in [0.29, 0.717) is 0 Å². The number of benzene rings is 1. The van der Waals surface area contributed by atoms with Gasteiger partial charge in [0.1, 0.15) is 5.75 Å². The minimum Gasteiger partial charge on any atom is -0.496 e. The first-order valence-electron chi connectivity index (χ1n) is 5.78. The molecule has 2 N–H and O–H groups in total. The monoisotopic (exact) mass is 321 g/mol.